The average Bonchev–Trinajstić information content (AvgIpc) is 2.52. The second kappa shape index (κ2) is 4.38. The van der Waals surface area contributed by atoms with E-state index in [4.69, 9.17) is 5.11 Å². The van der Waals surface area contributed by atoms with Crippen molar-refractivity contribution < 1.29 is 5.11 Å². The van der Waals surface area contributed by atoms with Crippen molar-refractivity contribution in [2.45, 2.75) is 20.3 Å². The summed E-state index contributed by atoms with van der Waals surface area (Å²) in [4.78, 5) is 5.49. The molecule has 1 aromatic heterocycles. The van der Waals surface area contributed by atoms with E-state index in [1.165, 1.54) is 4.88 Å². The lowest BCUT2D eigenvalue weighted by atomic mass is 10.3. The van der Waals surface area contributed by atoms with Crippen molar-refractivity contribution in [2.24, 2.45) is 0 Å². The van der Waals surface area contributed by atoms with Gasteiger partial charge in [-0.15, -0.1) is 11.3 Å². The summed E-state index contributed by atoms with van der Waals surface area (Å²) in [7, 11) is 0. The minimum absolute atomic E-state index is 0.112. The Hall–Kier alpha value is -0.670. The second-order valence-electron chi connectivity index (χ2n) is 2.67. The van der Waals surface area contributed by atoms with Gasteiger partial charge in [0, 0.05) is 11.1 Å². The van der Waals surface area contributed by atoms with Gasteiger partial charge in [-0.25, -0.2) is 4.98 Å². The molecule has 0 aromatic carbocycles. The van der Waals surface area contributed by atoms with E-state index in [9.17, 15) is 0 Å². The van der Waals surface area contributed by atoms with E-state index in [0.717, 1.165) is 17.0 Å². The zero-order valence-electron chi connectivity index (χ0n) is 7.37. The molecule has 1 heterocycles. The van der Waals surface area contributed by atoms with Crippen LogP contribution in [0, 0.1) is 0 Å². The number of hydrogen-bond acceptors (Lipinski definition) is 3. The van der Waals surface area contributed by atoms with Crippen molar-refractivity contribution in [3.05, 3.63) is 21.7 Å². The van der Waals surface area contributed by atoms with E-state index in [1.807, 2.05) is 19.2 Å². The van der Waals surface area contributed by atoms with Crippen LogP contribution in [0.4, 0.5) is 0 Å². The highest BCUT2D eigenvalue weighted by molar-refractivity contribution is 7.12. The first-order valence-electron chi connectivity index (χ1n) is 3.99. The molecule has 0 bridgehead atoms. The summed E-state index contributed by atoms with van der Waals surface area (Å²) in [6, 6.07) is 0. The van der Waals surface area contributed by atoms with Gasteiger partial charge in [0.15, 0.2) is 0 Å². The molecule has 0 unspecified atom stereocenters. The first kappa shape index (κ1) is 9.42. The molecular formula is C9H13NOS. The standard InChI is InChI=1S/C9H13NOS/c1-3-8-5-10-9(12-8)4-7(2)6-11/h4-5,11H,3,6H2,1-2H3/b7-4-. The molecule has 0 atom stereocenters. The number of aromatic nitrogens is 1. The summed E-state index contributed by atoms with van der Waals surface area (Å²) in [5.41, 5.74) is 0.951. The molecule has 3 heteroatoms. The lowest BCUT2D eigenvalue weighted by Gasteiger charge is -1.90. The maximum atomic E-state index is 8.77. The van der Waals surface area contributed by atoms with E-state index >= 15 is 0 Å². The molecule has 0 amide bonds. The van der Waals surface area contributed by atoms with Gasteiger partial charge in [-0.05, 0) is 25.0 Å². The van der Waals surface area contributed by atoms with Crippen molar-refractivity contribution in [1.82, 2.24) is 4.98 Å². The summed E-state index contributed by atoms with van der Waals surface area (Å²) in [5.74, 6) is 0. The molecule has 0 fully saturated rings. The van der Waals surface area contributed by atoms with E-state index in [1.54, 1.807) is 11.3 Å². The monoisotopic (exact) mass is 183 g/mol. The highest BCUT2D eigenvalue weighted by atomic mass is 32.1. The average molecular weight is 183 g/mol. The molecule has 66 valence electrons. The zero-order valence-corrected chi connectivity index (χ0v) is 8.19. The number of aryl methyl sites for hydroxylation is 1. The number of aliphatic hydroxyl groups excluding tert-OH is 1. The van der Waals surface area contributed by atoms with Crippen molar-refractivity contribution in [3.8, 4) is 0 Å². The molecule has 1 aromatic rings. The minimum atomic E-state index is 0.112. The maximum absolute atomic E-state index is 8.77. The Balaban J connectivity index is 2.76. The Kier molecular flexibility index (Phi) is 3.44. The molecule has 0 saturated heterocycles. The first-order chi connectivity index (χ1) is 5.76. The van der Waals surface area contributed by atoms with Crippen molar-refractivity contribution in [2.75, 3.05) is 6.61 Å². The van der Waals surface area contributed by atoms with Crippen LogP contribution in [0.1, 0.15) is 23.7 Å². The predicted molar refractivity (Wildman–Crippen MR) is 52.2 cm³/mol. The van der Waals surface area contributed by atoms with Gasteiger partial charge < -0.3 is 5.11 Å². The number of rotatable bonds is 3. The van der Waals surface area contributed by atoms with E-state index in [0.29, 0.717) is 0 Å². The lowest BCUT2D eigenvalue weighted by Crippen LogP contribution is -1.82. The third-order valence-electron chi connectivity index (χ3n) is 1.54. The van der Waals surface area contributed by atoms with Crippen molar-refractivity contribution >= 4 is 17.4 Å². The van der Waals surface area contributed by atoms with Gasteiger partial charge >= 0.3 is 0 Å². The highest BCUT2D eigenvalue weighted by Crippen LogP contribution is 2.15. The Morgan fingerprint density at radius 3 is 3.00 bits per heavy atom. The molecular weight excluding hydrogens is 170 g/mol. The van der Waals surface area contributed by atoms with Gasteiger partial charge in [0.25, 0.3) is 0 Å². The van der Waals surface area contributed by atoms with Gasteiger partial charge in [0.1, 0.15) is 5.01 Å². The summed E-state index contributed by atoms with van der Waals surface area (Å²) in [6.07, 6.45) is 4.84. The normalized spacial score (nSPS) is 12.1. The molecule has 0 saturated carbocycles. The minimum Gasteiger partial charge on any atom is -0.392 e. The van der Waals surface area contributed by atoms with Gasteiger partial charge in [0.2, 0.25) is 0 Å². The van der Waals surface area contributed by atoms with Crippen LogP contribution in [0.2, 0.25) is 0 Å². The maximum Gasteiger partial charge on any atom is 0.116 e. The van der Waals surface area contributed by atoms with Crippen LogP contribution in [-0.2, 0) is 6.42 Å². The highest BCUT2D eigenvalue weighted by Gasteiger charge is 1.96. The van der Waals surface area contributed by atoms with Gasteiger partial charge in [-0.1, -0.05) is 6.92 Å². The van der Waals surface area contributed by atoms with Crippen LogP contribution in [0.5, 0.6) is 0 Å². The van der Waals surface area contributed by atoms with Crippen LogP contribution in [0.25, 0.3) is 6.08 Å². The smallest absolute Gasteiger partial charge is 0.116 e. The Morgan fingerprint density at radius 2 is 2.50 bits per heavy atom. The fraction of sp³-hybridized carbons (Fsp3) is 0.444. The quantitative estimate of drug-likeness (QED) is 0.778. The van der Waals surface area contributed by atoms with E-state index < -0.39 is 0 Å². The first-order valence-corrected chi connectivity index (χ1v) is 4.80. The van der Waals surface area contributed by atoms with Crippen molar-refractivity contribution in [1.29, 1.82) is 0 Å². The van der Waals surface area contributed by atoms with Crippen LogP contribution in [0.3, 0.4) is 0 Å². The number of nitrogens with zero attached hydrogens (tertiary/aromatic N) is 1. The molecule has 0 spiro atoms. The van der Waals surface area contributed by atoms with Crippen LogP contribution in [0.15, 0.2) is 11.8 Å². The molecule has 2 nitrogen and oxygen atoms in total. The second-order valence-corrected chi connectivity index (χ2v) is 3.81. The van der Waals surface area contributed by atoms with Crippen LogP contribution in [-0.4, -0.2) is 16.7 Å². The largest absolute Gasteiger partial charge is 0.392 e. The Bertz CT molecular complexity index is 278. The van der Waals surface area contributed by atoms with Crippen LogP contribution < -0.4 is 0 Å². The van der Waals surface area contributed by atoms with Gasteiger partial charge in [-0.2, -0.15) is 0 Å². The lowest BCUT2D eigenvalue weighted by molar-refractivity contribution is 0.332. The predicted octanol–water partition coefficient (Wildman–Crippen LogP) is 2.10. The fourth-order valence-electron chi connectivity index (χ4n) is 0.809. The number of hydrogen-bond donors (Lipinski definition) is 1. The van der Waals surface area contributed by atoms with Gasteiger partial charge in [0.05, 0.1) is 6.61 Å². The molecule has 0 aliphatic rings. The molecule has 0 radical (unpaired) electrons. The molecule has 0 aliphatic heterocycles. The zero-order chi connectivity index (χ0) is 8.97. The Morgan fingerprint density at radius 1 is 1.75 bits per heavy atom. The third-order valence-corrected chi connectivity index (χ3v) is 2.63. The van der Waals surface area contributed by atoms with Gasteiger partial charge in [-0.3, -0.25) is 0 Å². The fourth-order valence-corrected chi connectivity index (χ4v) is 1.69. The van der Waals surface area contributed by atoms with E-state index in [-0.39, 0.29) is 6.61 Å². The Labute approximate surface area is 76.6 Å². The summed E-state index contributed by atoms with van der Waals surface area (Å²) in [5, 5.41) is 9.75. The third kappa shape index (κ3) is 2.43. The molecule has 1 rings (SSSR count). The summed E-state index contributed by atoms with van der Waals surface area (Å²) >= 11 is 1.68. The molecule has 1 N–H and O–H groups in total. The number of thiazole rings is 1. The van der Waals surface area contributed by atoms with E-state index in [2.05, 4.69) is 11.9 Å². The topological polar surface area (TPSA) is 33.1 Å². The number of aliphatic hydroxyl groups is 1. The van der Waals surface area contributed by atoms with Crippen molar-refractivity contribution in [3.63, 3.8) is 0 Å². The van der Waals surface area contributed by atoms with Crippen LogP contribution >= 0.6 is 11.3 Å². The summed E-state index contributed by atoms with van der Waals surface area (Å²) in [6.45, 7) is 4.12. The molecule has 12 heavy (non-hydrogen) atoms. The molecule has 0 aliphatic carbocycles. The summed E-state index contributed by atoms with van der Waals surface area (Å²) < 4.78 is 0. The SMILES string of the molecule is CCc1cnc(/C=C(/C)CO)s1.